The van der Waals surface area contributed by atoms with Gasteiger partial charge in [0.1, 0.15) is 0 Å². The predicted octanol–water partition coefficient (Wildman–Crippen LogP) is 4.82. The van der Waals surface area contributed by atoms with Crippen molar-refractivity contribution in [3.8, 4) is 0 Å². The summed E-state index contributed by atoms with van der Waals surface area (Å²) in [6, 6.07) is 29.6. The van der Waals surface area contributed by atoms with Crippen LogP contribution < -0.4 is 16.8 Å². The van der Waals surface area contributed by atoms with Crippen molar-refractivity contribution < 1.29 is 34.5 Å². The maximum atomic E-state index is 12.2. The van der Waals surface area contributed by atoms with E-state index in [2.05, 4.69) is 93.2 Å². The van der Waals surface area contributed by atoms with E-state index >= 15 is 0 Å². The van der Waals surface area contributed by atoms with Crippen LogP contribution in [0.2, 0.25) is 14.8 Å². The van der Waals surface area contributed by atoms with Gasteiger partial charge in [-0.3, -0.25) is 0 Å². The van der Waals surface area contributed by atoms with Gasteiger partial charge in [-0.2, -0.15) is 0 Å². The minimum atomic E-state index is -2.56. The Morgan fingerprint density at radius 2 is 1.43 bits per heavy atom. The standard InChI is InChI=1S/C15H14NO2P.C6H5.3CH3.Hg.Sn/c1-2-19(16-15(17)18,13-9-5-3-6-10-13)14-11-7-4-8-12-14;1-2-4-6-5-3-1;;;;;/h2-11H,1H3,(H,17,18);1-5H;3*1H3;;. The second-order valence-electron chi connectivity index (χ2n) is 8.74. The summed E-state index contributed by atoms with van der Waals surface area (Å²) in [5.74, 6) is 0. The molecule has 3 nitrogen and oxygen atoms in total. The normalized spacial score (nSPS) is 14.3. The van der Waals surface area contributed by atoms with E-state index in [4.69, 9.17) is 0 Å². The van der Waals surface area contributed by atoms with E-state index in [1.807, 2.05) is 18.2 Å². The fourth-order valence-corrected chi connectivity index (χ4v) is 30.2. The van der Waals surface area contributed by atoms with Crippen molar-refractivity contribution in [3.63, 3.8) is 0 Å². The molecule has 3 rings (SSSR count). The van der Waals surface area contributed by atoms with Gasteiger partial charge >= 0.3 is 198 Å². The van der Waals surface area contributed by atoms with Gasteiger partial charge in [-0.15, -0.1) is 0 Å². The number of carbonyl (C=O) groups is 1. The molecule has 0 fully saturated rings. The molecular formula is C24H28HgNO2PSn. The number of amides is 1. The number of hydrogen-bond donors (Lipinski definition) is 1. The Balaban J connectivity index is 2.36. The number of carboxylic acid groups (broad SMARTS) is 1. The second kappa shape index (κ2) is 10.1. The summed E-state index contributed by atoms with van der Waals surface area (Å²) in [7, 11) is -2.47. The first kappa shape index (κ1) is 23.8. The average molecular weight is 713 g/mol. The summed E-state index contributed by atoms with van der Waals surface area (Å²) in [4.78, 5) is 19.4. The van der Waals surface area contributed by atoms with Crippen molar-refractivity contribution in [2.45, 2.75) is 25.4 Å². The van der Waals surface area contributed by atoms with E-state index in [9.17, 15) is 9.90 Å². The van der Waals surface area contributed by atoms with E-state index in [0.29, 0.717) is 0 Å². The molecule has 3 aromatic rings. The fraction of sp³-hybridized carbons (Fsp3) is 0.208. The molecule has 0 saturated carbocycles. The van der Waals surface area contributed by atoms with Gasteiger partial charge in [-0.05, 0) is 0 Å². The molecule has 0 radical (unpaired) electrons. The zero-order valence-corrected chi connectivity index (χ0v) is 27.4. The molecule has 6 heteroatoms. The summed E-state index contributed by atoms with van der Waals surface area (Å²) in [5.41, 5.74) is 0. The van der Waals surface area contributed by atoms with Gasteiger partial charge in [-0.25, -0.2) is 0 Å². The fourth-order valence-electron chi connectivity index (χ4n) is 3.93. The van der Waals surface area contributed by atoms with Crippen molar-refractivity contribution in [1.29, 1.82) is 0 Å². The molecule has 0 aromatic heterocycles. The first-order valence-corrected chi connectivity index (χ1v) is 27.8. The predicted molar refractivity (Wildman–Crippen MR) is 128 cm³/mol. The SMILES string of the molecule is C[C@@H](P(=NC(=O)O)(c1ccccc1)c1cccc[c]1[Hg][c]1ccccc1)[Sn]([CH3])([CH3])[CH3]. The molecule has 0 heterocycles. The molecule has 30 heavy (non-hydrogen) atoms. The monoisotopic (exact) mass is 715 g/mol. The zero-order valence-electron chi connectivity index (χ0n) is 18.1. The Hall–Kier alpha value is -0.906. The molecule has 152 valence electrons. The summed E-state index contributed by atoms with van der Waals surface area (Å²) in [6.45, 7) is 2.28. The summed E-state index contributed by atoms with van der Waals surface area (Å²) < 4.78 is 7.76. The Bertz CT molecular complexity index is 1070. The van der Waals surface area contributed by atoms with Gasteiger partial charge in [0.25, 0.3) is 0 Å². The van der Waals surface area contributed by atoms with Crippen LogP contribution in [0.3, 0.4) is 0 Å². The van der Waals surface area contributed by atoms with Gasteiger partial charge in [0.15, 0.2) is 0 Å². The molecule has 0 bridgehead atoms. The zero-order chi connectivity index (χ0) is 21.8. The molecule has 0 aliphatic heterocycles. The van der Waals surface area contributed by atoms with E-state index in [1.54, 1.807) is 0 Å². The van der Waals surface area contributed by atoms with Crippen LogP contribution >= 0.6 is 7.05 Å². The van der Waals surface area contributed by atoms with Crippen LogP contribution in [0.25, 0.3) is 0 Å². The summed E-state index contributed by atoms with van der Waals surface area (Å²) in [5, 5.41) is 12.3. The molecule has 0 saturated heterocycles. The second-order valence-corrected chi connectivity index (χ2v) is 37.0. The van der Waals surface area contributed by atoms with Crippen molar-refractivity contribution >= 4 is 48.3 Å². The topological polar surface area (TPSA) is 49.7 Å². The Morgan fingerprint density at radius 1 is 0.900 bits per heavy atom. The molecule has 1 amide bonds. The van der Waals surface area contributed by atoms with Crippen molar-refractivity contribution in [2.24, 2.45) is 4.74 Å². The molecule has 1 unspecified atom stereocenters. The van der Waals surface area contributed by atoms with E-state index in [-0.39, 0.29) is 3.67 Å². The third-order valence-corrected chi connectivity index (χ3v) is 33.7. The Labute approximate surface area is 196 Å². The number of nitrogens with zero attached hydrogens (tertiary/aromatic N) is 1. The molecule has 1 N–H and O–H groups in total. The molecule has 3 aromatic carbocycles. The third kappa shape index (κ3) is 5.28. The summed E-state index contributed by atoms with van der Waals surface area (Å²) >= 11 is -4.24. The molecule has 0 aliphatic rings. The molecule has 0 aliphatic carbocycles. The van der Waals surface area contributed by atoms with Crippen molar-refractivity contribution in [1.82, 2.24) is 0 Å². The maximum absolute atomic E-state index is 12.2. The first-order chi connectivity index (χ1) is 14.2. The van der Waals surface area contributed by atoms with Gasteiger partial charge in [-0.1, -0.05) is 0 Å². The van der Waals surface area contributed by atoms with Crippen LogP contribution in [-0.4, -0.2) is 33.3 Å². The van der Waals surface area contributed by atoms with E-state index in [1.165, 1.54) is 11.4 Å². The van der Waals surface area contributed by atoms with Gasteiger partial charge in [0.05, 0.1) is 0 Å². The quantitative estimate of drug-likeness (QED) is 0.295. The van der Waals surface area contributed by atoms with Crippen molar-refractivity contribution in [2.75, 3.05) is 0 Å². The van der Waals surface area contributed by atoms with Gasteiger partial charge < -0.3 is 0 Å². The van der Waals surface area contributed by atoms with Crippen LogP contribution in [0, 0.1) is 0 Å². The number of benzene rings is 3. The van der Waals surface area contributed by atoms with Crippen molar-refractivity contribution in [3.05, 3.63) is 84.9 Å². The number of rotatable bonds is 6. The average Bonchev–Trinajstić information content (AvgIpc) is 2.72. The van der Waals surface area contributed by atoms with E-state index < -0.39 is 56.1 Å². The number of hydrogen-bond acceptors (Lipinski definition) is 1. The summed E-state index contributed by atoms with van der Waals surface area (Å²) in [6.07, 6.45) is -1.04. The Kier molecular flexibility index (Phi) is 8.03. The van der Waals surface area contributed by atoms with Crippen LogP contribution in [-0.2, 0) is 24.6 Å². The van der Waals surface area contributed by atoms with Crippen LogP contribution in [0.5, 0.6) is 0 Å². The third-order valence-electron chi connectivity index (χ3n) is 5.80. The minimum absolute atomic E-state index is 0.288. The van der Waals surface area contributed by atoms with Crippen LogP contribution in [0.15, 0.2) is 89.7 Å². The van der Waals surface area contributed by atoms with Gasteiger partial charge in [0.2, 0.25) is 0 Å². The van der Waals surface area contributed by atoms with Crippen LogP contribution in [0.4, 0.5) is 4.79 Å². The Morgan fingerprint density at radius 3 is 2.00 bits per heavy atom. The van der Waals surface area contributed by atoms with E-state index in [0.717, 1.165) is 5.30 Å². The van der Waals surface area contributed by atoms with Crippen LogP contribution in [0.1, 0.15) is 6.92 Å². The van der Waals surface area contributed by atoms with Gasteiger partial charge in [0, 0.05) is 0 Å². The molecule has 2 atom stereocenters. The molecular weight excluding hydrogens is 685 g/mol. The first-order valence-electron chi connectivity index (χ1n) is 10.3. The molecule has 0 spiro atoms.